The summed E-state index contributed by atoms with van der Waals surface area (Å²) < 4.78 is 47.8. The zero-order chi connectivity index (χ0) is 8.48. The van der Waals surface area contributed by atoms with Crippen LogP contribution >= 0.6 is 0 Å². The number of pyridine rings is 1. The average molecular weight is 203 g/mol. The Labute approximate surface area is 109 Å². The number of aromatic nitrogens is 1. The second-order valence-corrected chi connectivity index (χ2v) is 1.97. The van der Waals surface area contributed by atoms with E-state index in [9.17, 15) is 17.3 Å². The van der Waals surface area contributed by atoms with Gasteiger partial charge in [-0.3, -0.25) is 4.98 Å². The van der Waals surface area contributed by atoms with E-state index in [0.29, 0.717) is 12.3 Å². The van der Waals surface area contributed by atoms with Crippen LogP contribution in [-0.2, 0) is 0 Å². The standard InChI is InChI=1S/C5H3BF4N.K/c7-5-3-11-2-1-4(5)6(8,9)10;/h1-3H;/q-1;+1. The first-order chi connectivity index (χ1) is 5.02. The van der Waals surface area contributed by atoms with Crippen molar-refractivity contribution in [1.29, 1.82) is 0 Å². The second kappa shape index (κ2) is 4.71. The van der Waals surface area contributed by atoms with Crippen molar-refractivity contribution in [2.75, 3.05) is 0 Å². The van der Waals surface area contributed by atoms with Crippen molar-refractivity contribution in [3.8, 4) is 0 Å². The van der Waals surface area contributed by atoms with Crippen LogP contribution < -0.4 is 56.8 Å². The van der Waals surface area contributed by atoms with Gasteiger partial charge in [0.15, 0.2) is 0 Å². The van der Waals surface area contributed by atoms with Gasteiger partial charge >= 0.3 is 58.4 Å². The summed E-state index contributed by atoms with van der Waals surface area (Å²) in [4.78, 5) is 3.19. The summed E-state index contributed by atoms with van der Waals surface area (Å²) in [5.41, 5.74) is -1.22. The molecule has 0 N–H and O–H groups in total. The summed E-state index contributed by atoms with van der Waals surface area (Å²) in [5.74, 6) is -1.32. The predicted octanol–water partition coefficient (Wildman–Crippen LogP) is -1.72. The first-order valence-electron chi connectivity index (χ1n) is 2.81. The third kappa shape index (κ3) is 3.14. The average Bonchev–Trinajstić information content (AvgIpc) is 1.86. The molecule has 0 saturated heterocycles. The minimum absolute atomic E-state index is 0. The van der Waals surface area contributed by atoms with E-state index in [-0.39, 0.29) is 51.4 Å². The second-order valence-electron chi connectivity index (χ2n) is 1.97. The molecule has 12 heavy (non-hydrogen) atoms. The number of hydrogen-bond acceptors (Lipinski definition) is 1. The Morgan fingerprint density at radius 2 is 1.83 bits per heavy atom. The van der Waals surface area contributed by atoms with Crippen molar-refractivity contribution in [3.05, 3.63) is 24.3 Å². The van der Waals surface area contributed by atoms with E-state index in [2.05, 4.69) is 4.98 Å². The van der Waals surface area contributed by atoms with Crippen LogP contribution in [0, 0.1) is 5.82 Å². The van der Waals surface area contributed by atoms with Crippen LogP contribution in [0.15, 0.2) is 18.5 Å². The van der Waals surface area contributed by atoms with Gasteiger partial charge in [-0.15, -0.1) is 0 Å². The van der Waals surface area contributed by atoms with E-state index in [4.69, 9.17) is 0 Å². The summed E-state index contributed by atoms with van der Waals surface area (Å²) in [6.45, 7) is -5.24. The molecule has 0 aliphatic rings. The van der Waals surface area contributed by atoms with Gasteiger partial charge in [-0.05, 0) is 0 Å². The van der Waals surface area contributed by atoms with Crippen molar-refractivity contribution < 1.29 is 68.7 Å². The molecule has 0 amide bonds. The van der Waals surface area contributed by atoms with E-state index in [1.54, 1.807) is 0 Å². The van der Waals surface area contributed by atoms with Gasteiger partial charge < -0.3 is 12.9 Å². The van der Waals surface area contributed by atoms with Crippen LogP contribution in [0.5, 0.6) is 0 Å². The summed E-state index contributed by atoms with van der Waals surface area (Å²) in [6.07, 6.45) is 1.46. The minimum Gasteiger partial charge on any atom is -0.445 e. The van der Waals surface area contributed by atoms with Crippen LogP contribution in [0.3, 0.4) is 0 Å². The van der Waals surface area contributed by atoms with E-state index in [0.717, 1.165) is 6.20 Å². The number of rotatable bonds is 1. The quantitative estimate of drug-likeness (QED) is 0.390. The molecule has 1 aromatic heterocycles. The molecule has 1 heterocycles. The van der Waals surface area contributed by atoms with Crippen LogP contribution in [0.1, 0.15) is 0 Å². The van der Waals surface area contributed by atoms with Crippen molar-refractivity contribution in [2.24, 2.45) is 0 Å². The summed E-state index contributed by atoms with van der Waals surface area (Å²) >= 11 is 0. The fourth-order valence-corrected chi connectivity index (χ4v) is 0.651. The topological polar surface area (TPSA) is 12.9 Å². The molecule has 0 fully saturated rings. The molecule has 0 aromatic carbocycles. The maximum absolute atomic E-state index is 12.3. The Balaban J connectivity index is 0.00000121. The Kier molecular flexibility index (Phi) is 4.93. The van der Waals surface area contributed by atoms with Crippen LogP contribution in [0.25, 0.3) is 0 Å². The fourth-order valence-electron chi connectivity index (χ4n) is 0.651. The third-order valence-corrected chi connectivity index (χ3v) is 1.16. The maximum Gasteiger partial charge on any atom is 1.00 e. The SMILES string of the molecule is Fc1cnccc1[B-](F)(F)F.[K+]. The Morgan fingerprint density at radius 3 is 2.17 bits per heavy atom. The van der Waals surface area contributed by atoms with E-state index in [1.165, 1.54) is 0 Å². The van der Waals surface area contributed by atoms with Gasteiger partial charge in [0.25, 0.3) is 0 Å². The molecule has 60 valence electrons. The Bertz CT molecular complexity index is 264. The van der Waals surface area contributed by atoms with Crippen molar-refractivity contribution in [3.63, 3.8) is 0 Å². The molecule has 0 saturated carbocycles. The van der Waals surface area contributed by atoms with Gasteiger partial charge in [0.05, 0.1) is 6.20 Å². The Hall–Kier alpha value is 0.571. The number of nitrogens with zero attached hydrogens (tertiary/aromatic N) is 1. The van der Waals surface area contributed by atoms with Gasteiger partial charge in [0, 0.05) is 6.20 Å². The molecule has 0 unspecified atom stereocenters. The Morgan fingerprint density at radius 1 is 1.25 bits per heavy atom. The largest absolute Gasteiger partial charge is 1.00 e. The van der Waals surface area contributed by atoms with Gasteiger partial charge in [-0.1, -0.05) is 11.5 Å². The maximum atomic E-state index is 12.3. The third-order valence-electron chi connectivity index (χ3n) is 1.16. The first kappa shape index (κ1) is 12.6. The minimum atomic E-state index is -5.24. The smallest absolute Gasteiger partial charge is 0.445 e. The molecule has 7 heteroatoms. The zero-order valence-corrected chi connectivity index (χ0v) is 9.39. The van der Waals surface area contributed by atoms with Crippen LogP contribution in [0.2, 0.25) is 0 Å². The van der Waals surface area contributed by atoms with Crippen LogP contribution in [-0.4, -0.2) is 12.0 Å². The molecule has 0 spiro atoms. The van der Waals surface area contributed by atoms with Crippen molar-refractivity contribution in [1.82, 2.24) is 4.98 Å². The summed E-state index contributed by atoms with van der Waals surface area (Å²) in [6, 6.07) is 0.620. The molecule has 1 nitrogen and oxygen atoms in total. The number of hydrogen-bond donors (Lipinski definition) is 0. The number of halogens is 4. The molecule has 1 rings (SSSR count). The summed E-state index contributed by atoms with van der Waals surface area (Å²) in [7, 11) is 0. The van der Waals surface area contributed by atoms with E-state index < -0.39 is 18.3 Å². The molecule has 1 aromatic rings. The molecular weight excluding hydrogens is 200 g/mol. The van der Waals surface area contributed by atoms with E-state index >= 15 is 0 Å². The first-order valence-corrected chi connectivity index (χ1v) is 2.81. The van der Waals surface area contributed by atoms with Gasteiger partial charge in [-0.2, -0.15) is 0 Å². The summed E-state index contributed by atoms with van der Waals surface area (Å²) in [5, 5.41) is 0. The predicted molar refractivity (Wildman–Crippen MR) is 32.9 cm³/mol. The molecule has 0 bridgehead atoms. The molecule has 0 aliphatic carbocycles. The zero-order valence-electron chi connectivity index (χ0n) is 6.27. The van der Waals surface area contributed by atoms with Crippen molar-refractivity contribution in [2.45, 2.75) is 0 Å². The van der Waals surface area contributed by atoms with Crippen molar-refractivity contribution >= 4 is 12.4 Å². The van der Waals surface area contributed by atoms with E-state index in [1.807, 2.05) is 0 Å². The fraction of sp³-hybridized carbons (Fsp3) is 0. The van der Waals surface area contributed by atoms with Gasteiger partial charge in [-0.25, -0.2) is 4.39 Å². The molecule has 0 radical (unpaired) electrons. The molecule has 0 aliphatic heterocycles. The molecular formula is C5H3BF4KN. The molecule has 0 atom stereocenters. The van der Waals surface area contributed by atoms with Crippen LogP contribution in [0.4, 0.5) is 17.3 Å². The normalized spacial score (nSPS) is 10.7. The van der Waals surface area contributed by atoms with Gasteiger partial charge in [0.2, 0.25) is 0 Å². The monoisotopic (exact) mass is 203 g/mol. The van der Waals surface area contributed by atoms with Gasteiger partial charge in [0.1, 0.15) is 5.82 Å².